The summed E-state index contributed by atoms with van der Waals surface area (Å²) in [6.07, 6.45) is 7.33. The van der Waals surface area contributed by atoms with Gasteiger partial charge in [0.15, 0.2) is 0 Å². The van der Waals surface area contributed by atoms with E-state index >= 15 is 0 Å². The number of rotatable bonds is 4. The van der Waals surface area contributed by atoms with Crippen LogP contribution in [0.4, 0.5) is 0 Å². The lowest BCUT2D eigenvalue weighted by Crippen LogP contribution is -2.51. The molecule has 7 heteroatoms. The summed E-state index contributed by atoms with van der Waals surface area (Å²) in [7, 11) is 1.38. The van der Waals surface area contributed by atoms with Crippen molar-refractivity contribution in [1.82, 2.24) is 14.5 Å². The van der Waals surface area contributed by atoms with Crippen LogP contribution < -0.4 is 0 Å². The zero-order valence-corrected chi connectivity index (χ0v) is 17.4. The number of imidazole rings is 1. The quantitative estimate of drug-likeness (QED) is 0.716. The molecule has 1 atom stereocenters. The highest BCUT2D eigenvalue weighted by molar-refractivity contribution is 6.30. The summed E-state index contributed by atoms with van der Waals surface area (Å²) in [5.41, 5.74) is 2.96. The van der Waals surface area contributed by atoms with Gasteiger partial charge in [0.2, 0.25) is 5.91 Å². The number of nitrogens with zero attached hydrogens (tertiary/aromatic N) is 3. The van der Waals surface area contributed by atoms with E-state index in [-0.39, 0.29) is 17.8 Å². The van der Waals surface area contributed by atoms with Crippen LogP contribution in [0, 0.1) is 5.92 Å². The minimum atomic E-state index is -0.596. The van der Waals surface area contributed by atoms with Crippen molar-refractivity contribution in [1.29, 1.82) is 0 Å². The minimum Gasteiger partial charge on any atom is -0.467 e. The van der Waals surface area contributed by atoms with Gasteiger partial charge in [0.25, 0.3) is 0 Å². The van der Waals surface area contributed by atoms with Crippen LogP contribution in [0.3, 0.4) is 0 Å². The second-order valence-electron chi connectivity index (χ2n) is 7.94. The van der Waals surface area contributed by atoms with E-state index in [4.69, 9.17) is 16.3 Å². The third-order valence-corrected chi connectivity index (χ3v) is 6.34. The van der Waals surface area contributed by atoms with Gasteiger partial charge in [-0.25, -0.2) is 9.78 Å². The summed E-state index contributed by atoms with van der Waals surface area (Å²) in [6, 6.07) is 7.11. The molecule has 154 valence electrons. The molecule has 6 nitrogen and oxygen atoms in total. The number of esters is 1. The molecule has 1 aliphatic carbocycles. The molecule has 4 rings (SSSR count). The number of amides is 1. The van der Waals surface area contributed by atoms with Crippen molar-refractivity contribution in [3.8, 4) is 0 Å². The van der Waals surface area contributed by atoms with E-state index in [2.05, 4.69) is 9.55 Å². The first kappa shape index (κ1) is 20.0. The van der Waals surface area contributed by atoms with Crippen LogP contribution in [0.25, 0.3) is 0 Å². The fraction of sp³-hybridized carbons (Fsp3) is 0.500. The van der Waals surface area contributed by atoms with E-state index in [9.17, 15) is 9.59 Å². The van der Waals surface area contributed by atoms with Crippen molar-refractivity contribution in [2.75, 3.05) is 7.11 Å². The summed E-state index contributed by atoms with van der Waals surface area (Å²) < 4.78 is 7.07. The highest BCUT2D eigenvalue weighted by atomic mass is 35.5. The SMILES string of the molecule is COC(=O)[C@@H]1Cc2ncn(Cc3ccc(Cl)cc3)c2CN1C(=O)C1CCCCC1. The molecule has 0 bridgehead atoms. The predicted molar refractivity (Wildman–Crippen MR) is 109 cm³/mol. The van der Waals surface area contributed by atoms with Gasteiger partial charge in [-0.3, -0.25) is 4.79 Å². The average molecular weight is 416 g/mol. The molecule has 0 radical (unpaired) electrons. The second kappa shape index (κ2) is 8.57. The number of benzene rings is 1. The normalized spacial score (nSPS) is 19.7. The maximum atomic E-state index is 13.3. The molecular formula is C22H26ClN3O3. The van der Waals surface area contributed by atoms with Crippen LogP contribution in [0.1, 0.15) is 49.1 Å². The number of aromatic nitrogens is 2. The Labute approximate surface area is 175 Å². The van der Waals surface area contributed by atoms with E-state index in [1.54, 1.807) is 11.2 Å². The molecule has 1 aromatic heterocycles. The lowest BCUT2D eigenvalue weighted by molar-refractivity contribution is -0.156. The van der Waals surface area contributed by atoms with Gasteiger partial charge >= 0.3 is 5.97 Å². The van der Waals surface area contributed by atoms with Gasteiger partial charge in [-0.2, -0.15) is 0 Å². The smallest absolute Gasteiger partial charge is 0.329 e. The first-order valence-electron chi connectivity index (χ1n) is 10.2. The van der Waals surface area contributed by atoms with Crippen LogP contribution in [-0.2, 0) is 33.8 Å². The molecule has 0 unspecified atom stereocenters. The van der Waals surface area contributed by atoms with Crippen molar-refractivity contribution >= 4 is 23.5 Å². The number of ether oxygens (including phenoxy) is 1. The number of methoxy groups -OCH3 is 1. The van der Waals surface area contributed by atoms with E-state index in [0.717, 1.165) is 42.6 Å². The van der Waals surface area contributed by atoms with Crippen LogP contribution in [0.2, 0.25) is 5.02 Å². The molecule has 1 saturated carbocycles. The molecule has 1 aliphatic heterocycles. The Kier molecular flexibility index (Phi) is 5.90. The maximum Gasteiger partial charge on any atom is 0.329 e. The van der Waals surface area contributed by atoms with Gasteiger partial charge in [-0.1, -0.05) is 43.0 Å². The highest BCUT2D eigenvalue weighted by Gasteiger charge is 2.40. The molecule has 1 aromatic carbocycles. The first-order chi connectivity index (χ1) is 14.1. The Bertz CT molecular complexity index is 887. The number of carbonyl (C=O) groups is 2. The van der Waals surface area contributed by atoms with Crippen LogP contribution in [0.15, 0.2) is 30.6 Å². The van der Waals surface area contributed by atoms with Crippen molar-refractivity contribution in [2.45, 2.75) is 57.7 Å². The number of fused-ring (bicyclic) bond motifs is 1. The fourth-order valence-corrected chi connectivity index (χ4v) is 4.58. The molecule has 0 N–H and O–H groups in total. The molecule has 2 aliphatic rings. The number of hydrogen-bond donors (Lipinski definition) is 0. The van der Waals surface area contributed by atoms with Gasteiger partial charge in [-0.15, -0.1) is 0 Å². The van der Waals surface area contributed by atoms with Gasteiger partial charge in [-0.05, 0) is 30.5 Å². The molecule has 1 fully saturated rings. The molecule has 2 aromatic rings. The largest absolute Gasteiger partial charge is 0.467 e. The Morgan fingerprint density at radius 2 is 1.90 bits per heavy atom. The Morgan fingerprint density at radius 3 is 2.59 bits per heavy atom. The number of carbonyl (C=O) groups excluding carboxylic acids is 2. The summed E-state index contributed by atoms with van der Waals surface area (Å²) in [5, 5.41) is 0.701. The lowest BCUT2D eigenvalue weighted by Gasteiger charge is -2.37. The van der Waals surface area contributed by atoms with Gasteiger partial charge in [0, 0.05) is 23.9 Å². The minimum absolute atomic E-state index is 0.00472. The van der Waals surface area contributed by atoms with Gasteiger partial charge < -0.3 is 14.2 Å². The summed E-state index contributed by atoms with van der Waals surface area (Å²) in [5.74, 6) is -0.290. The molecular weight excluding hydrogens is 390 g/mol. The molecule has 0 saturated heterocycles. The standard InChI is InChI=1S/C22H26ClN3O3/c1-29-22(28)19-11-18-20(13-26(19)21(27)16-5-3-2-4-6-16)25(14-24-18)12-15-7-9-17(23)10-8-15/h7-10,14,16,19H,2-6,11-13H2,1H3/t19-/m0/s1. The summed E-state index contributed by atoms with van der Waals surface area (Å²) in [6.45, 7) is 1.03. The Hall–Kier alpha value is -2.34. The topological polar surface area (TPSA) is 64.4 Å². The maximum absolute atomic E-state index is 13.3. The summed E-state index contributed by atoms with van der Waals surface area (Å²) in [4.78, 5) is 32.0. The number of halogens is 1. The van der Waals surface area contributed by atoms with E-state index in [1.165, 1.54) is 13.5 Å². The third kappa shape index (κ3) is 4.17. The zero-order valence-electron chi connectivity index (χ0n) is 16.6. The molecule has 1 amide bonds. The molecule has 2 heterocycles. The van der Waals surface area contributed by atoms with Crippen LogP contribution >= 0.6 is 11.6 Å². The van der Waals surface area contributed by atoms with Crippen LogP contribution in [-0.4, -0.2) is 39.5 Å². The van der Waals surface area contributed by atoms with E-state index in [1.807, 2.05) is 24.3 Å². The van der Waals surface area contributed by atoms with Crippen molar-refractivity contribution in [3.05, 3.63) is 52.6 Å². The molecule has 0 spiro atoms. The number of hydrogen-bond acceptors (Lipinski definition) is 4. The van der Waals surface area contributed by atoms with Gasteiger partial charge in [0.05, 0.1) is 31.4 Å². The van der Waals surface area contributed by atoms with Gasteiger partial charge in [0.1, 0.15) is 6.04 Å². The van der Waals surface area contributed by atoms with Crippen LogP contribution in [0.5, 0.6) is 0 Å². The monoisotopic (exact) mass is 415 g/mol. The molecule has 29 heavy (non-hydrogen) atoms. The van der Waals surface area contributed by atoms with Crippen molar-refractivity contribution in [2.24, 2.45) is 5.92 Å². The third-order valence-electron chi connectivity index (χ3n) is 6.09. The lowest BCUT2D eigenvalue weighted by atomic mass is 9.87. The Morgan fingerprint density at radius 1 is 1.17 bits per heavy atom. The second-order valence-corrected chi connectivity index (χ2v) is 8.37. The first-order valence-corrected chi connectivity index (χ1v) is 10.6. The van der Waals surface area contributed by atoms with Crippen molar-refractivity contribution in [3.63, 3.8) is 0 Å². The van der Waals surface area contributed by atoms with E-state index < -0.39 is 6.04 Å². The fourth-order valence-electron chi connectivity index (χ4n) is 4.45. The zero-order chi connectivity index (χ0) is 20.4. The predicted octanol–water partition coefficient (Wildman–Crippen LogP) is 3.59. The summed E-state index contributed by atoms with van der Waals surface area (Å²) >= 11 is 5.99. The van der Waals surface area contributed by atoms with Crippen molar-refractivity contribution < 1.29 is 14.3 Å². The highest BCUT2D eigenvalue weighted by Crippen LogP contribution is 2.30. The Balaban J connectivity index is 1.60. The van der Waals surface area contributed by atoms with E-state index in [0.29, 0.717) is 24.5 Å². The average Bonchev–Trinajstić information content (AvgIpc) is 3.15.